The molecule has 29 heavy (non-hydrogen) atoms. The Morgan fingerprint density at radius 1 is 1.07 bits per heavy atom. The van der Waals surface area contributed by atoms with Gasteiger partial charge in [0.2, 0.25) is 0 Å². The van der Waals surface area contributed by atoms with Gasteiger partial charge >= 0.3 is 5.63 Å². The van der Waals surface area contributed by atoms with Crippen LogP contribution in [0.2, 0.25) is 0 Å². The Bertz CT molecular complexity index is 1090. The van der Waals surface area contributed by atoms with Crippen LogP contribution in [0, 0.1) is 10.1 Å². The van der Waals surface area contributed by atoms with Gasteiger partial charge in [-0.25, -0.2) is 4.79 Å². The Kier molecular flexibility index (Phi) is 6.39. The van der Waals surface area contributed by atoms with Crippen LogP contribution in [0.4, 0.5) is 11.4 Å². The summed E-state index contributed by atoms with van der Waals surface area (Å²) in [6.07, 6.45) is 5.68. The third-order valence-electron chi connectivity index (χ3n) is 4.71. The monoisotopic (exact) mass is 394 g/mol. The number of non-ortho nitro benzene ring substituents is 1. The second kappa shape index (κ2) is 9.14. The van der Waals surface area contributed by atoms with E-state index >= 15 is 0 Å². The van der Waals surface area contributed by atoms with E-state index in [1.807, 2.05) is 12.1 Å². The largest absolute Gasteiger partial charge is 0.421 e. The molecule has 0 unspecified atom stereocenters. The van der Waals surface area contributed by atoms with Crippen molar-refractivity contribution >= 4 is 28.3 Å². The summed E-state index contributed by atoms with van der Waals surface area (Å²) in [5, 5.41) is 13.8. The van der Waals surface area contributed by atoms with E-state index in [9.17, 15) is 19.7 Å². The average Bonchev–Trinajstić information content (AvgIpc) is 2.71. The first-order chi connectivity index (χ1) is 14.0. The number of benzene rings is 2. The lowest BCUT2D eigenvalue weighted by molar-refractivity contribution is -0.384. The topological polar surface area (TPSA) is 102 Å². The van der Waals surface area contributed by atoms with Gasteiger partial charge in [-0.2, -0.15) is 0 Å². The number of nitro benzene ring substituents is 1. The predicted molar refractivity (Wildman–Crippen MR) is 111 cm³/mol. The molecule has 0 aliphatic rings. The van der Waals surface area contributed by atoms with E-state index in [0.717, 1.165) is 18.4 Å². The lowest BCUT2D eigenvalue weighted by Gasteiger charge is -2.07. The van der Waals surface area contributed by atoms with Crippen LogP contribution in [0.3, 0.4) is 0 Å². The lowest BCUT2D eigenvalue weighted by Crippen LogP contribution is -2.17. The van der Waals surface area contributed by atoms with Gasteiger partial charge < -0.3 is 9.73 Å². The maximum atomic E-state index is 12.5. The molecule has 7 heteroatoms. The molecule has 1 aromatic heterocycles. The second-order valence-corrected chi connectivity index (χ2v) is 6.89. The quantitative estimate of drug-likeness (QED) is 0.248. The first kappa shape index (κ1) is 20.3. The summed E-state index contributed by atoms with van der Waals surface area (Å²) in [6, 6.07) is 12.6. The number of rotatable bonds is 8. The van der Waals surface area contributed by atoms with Gasteiger partial charge in [0.25, 0.3) is 11.6 Å². The van der Waals surface area contributed by atoms with Crippen LogP contribution in [-0.4, -0.2) is 10.8 Å². The molecule has 3 rings (SSSR count). The zero-order valence-corrected chi connectivity index (χ0v) is 16.1. The van der Waals surface area contributed by atoms with Gasteiger partial charge in [0.05, 0.1) is 4.92 Å². The molecule has 150 valence electrons. The number of anilines is 1. The normalized spacial score (nSPS) is 10.8. The molecule has 1 heterocycles. The summed E-state index contributed by atoms with van der Waals surface area (Å²) in [5.41, 5.74) is 0.888. The van der Waals surface area contributed by atoms with Crippen LogP contribution < -0.4 is 10.9 Å². The molecule has 0 saturated heterocycles. The molecule has 0 aliphatic heterocycles. The number of nitro groups is 1. The summed E-state index contributed by atoms with van der Waals surface area (Å²) in [7, 11) is 0. The summed E-state index contributed by atoms with van der Waals surface area (Å²) in [4.78, 5) is 35.0. The number of aryl methyl sites for hydroxylation is 1. The number of fused-ring (bicyclic) bond motifs is 1. The standard InChI is InChI=1S/C22H22N2O5/c1-2-3-4-5-6-15-7-9-16(10-8-15)21(25)23-19-14-17-13-18(24(27)28)11-12-20(17)29-22(19)26/h7-14H,2-6H2,1H3,(H,23,25). The van der Waals surface area contributed by atoms with Gasteiger partial charge in [-0.05, 0) is 42.7 Å². The van der Waals surface area contributed by atoms with Crippen molar-refractivity contribution in [3.8, 4) is 0 Å². The molecule has 1 amide bonds. The second-order valence-electron chi connectivity index (χ2n) is 6.89. The Balaban J connectivity index is 1.74. The smallest absolute Gasteiger partial charge is 0.360 e. The van der Waals surface area contributed by atoms with E-state index < -0.39 is 16.5 Å². The molecular weight excluding hydrogens is 372 g/mol. The van der Waals surface area contributed by atoms with Gasteiger partial charge in [-0.15, -0.1) is 0 Å². The van der Waals surface area contributed by atoms with Crippen molar-refractivity contribution in [2.24, 2.45) is 0 Å². The molecule has 1 N–H and O–H groups in total. The van der Waals surface area contributed by atoms with Crippen LogP contribution in [0.25, 0.3) is 11.0 Å². The van der Waals surface area contributed by atoms with Crippen LogP contribution in [-0.2, 0) is 6.42 Å². The highest BCUT2D eigenvalue weighted by Crippen LogP contribution is 2.22. The van der Waals surface area contributed by atoms with E-state index in [4.69, 9.17) is 4.42 Å². The summed E-state index contributed by atoms with van der Waals surface area (Å²) in [6.45, 7) is 2.17. The third-order valence-corrected chi connectivity index (χ3v) is 4.71. The van der Waals surface area contributed by atoms with Crippen molar-refractivity contribution in [2.75, 3.05) is 5.32 Å². The number of unbranched alkanes of at least 4 members (excludes halogenated alkanes) is 3. The van der Waals surface area contributed by atoms with Crippen LogP contribution in [0.15, 0.2) is 57.7 Å². The SMILES string of the molecule is CCCCCCc1ccc(C(=O)Nc2cc3cc([N+](=O)[O-])ccc3oc2=O)cc1. The molecule has 0 saturated carbocycles. The fourth-order valence-electron chi connectivity index (χ4n) is 3.08. The van der Waals surface area contributed by atoms with Gasteiger partial charge in [0, 0.05) is 23.1 Å². The molecule has 7 nitrogen and oxygen atoms in total. The maximum absolute atomic E-state index is 12.5. The number of hydrogen-bond acceptors (Lipinski definition) is 5. The predicted octanol–water partition coefficient (Wildman–Crippen LogP) is 5.08. The first-order valence-corrected chi connectivity index (χ1v) is 9.60. The highest BCUT2D eigenvalue weighted by atomic mass is 16.6. The minimum absolute atomic E-state index is 0.0633. The highest BCUT2D eigenvalue weighted by Gasteiger charge is 2.13. The minimum Gasteiger partial charge on any atom is -0.421 e. The molecule has 0 spiro atoms. The lowest BCUT2D eigenvalue weighted by atomic mass is 10.0. The van der Waals surface area contributed by atoms with Crippen molar-refractivity contribution in [2.45, 2.75) is 39.0 Å². The molecule has 0 radical (unpaired) electrons. The van der Waals surface area contributed by atoms with Crippen molar-refractivity contribution in [3.63, 3.8) is 0 Å². The average molecular weight is 394 g/mol. The van der Waals surface area contributed by atoms with Gasteiger partial charge in [-0.1, -0.05) is 38.3 Å². The first-order valence-electron chi connectivity index (χ1n) is 9.60. The molecule has 0 bridgehead atoms. The van der Waals surface area contributed by atoms with Crippen molar-refractivity contribution in [1.29, 1.82) is 0 Å². The van der Waals surface area contributed by atoms with Crippen molar-refractivity contribution < 1.29 is 14.1 Å². The fourth-order valence-corrected chi connectivity index (χ4v) is 3.08. The molecular formula is C22H22N2O5. The summed E-state index contributed by atoms with van der Waals surface area (Å²) < 4.78 is 5.15. The van der Waals surface area contributed by atoms with Crippen LogP contribution in [0.5, 0.6) is 0 Å². The van der Waals surface area contributed by atoms with Gasteiger partial charge in [0.1, 0.15) is 11.3 Å². The number of nitrogens with one attached hydrogen (secondary N) is 1. The van der Waals surface area contributed by atoms with Crippen LogP contribution >= 0.6 is 0 Å². The number of hydrogen-bond donors (Lipinski definition) is 1. The molecule has 2 aromatic carbocycles. The highest BCUT2D eigenvalue weighted by molar-refractivity contribution is 6.04. The number of carbonyl (C=O) groups is 1. The number of nitrogens with zero attached hydrogens (tertiary/aromatic N) is 1. The molecule has 3 aromatic rings. The fraction of sp³-hybridized carbons (Fsp3) is 0.273. The Morgan fingerprint density at radius 3 is 2.52 bits per heavy atom. The summed E-state index contributed by atoms with van der Waals surface area (Å²) >= 11 is 0. The van der Waals surface area contributed by atoms with Gasteiger partial charge in [0.15, 0.2) is 0 Å². The molecule has 0 atom stereocenters. The van der Waals surface area contributed by atoms with E-state index in [0.29, 0.717) is 10.9 Å². The van der Waals surface area contributed by atoms with Crippen molar-refractivity contribution in [3.05, 3.63) is 80.2 Å². The van der Waals surface area contributed by atoms with E-state index in [-0.39, 0.29) is 17.0 Å². The number of carbonyl (C=O) groups excluding carboxylic acids is 1. The molecule has 0 aliphatic carbocycles. The number of amides is 1. The Labute approximate surface area is 167 Å². The molecule has 0 fully saturated rings. The zero-order chi connectivity index (χ0) is 20.8. The Hall–Kier alpha value is -3.48. The van der Waals surface area contributed by atoms with E-state index in [1.165, 1.54) is 43.5 Å². The Morgan fingerprint density at radius 2 is 1.83 bits per heavy atom. The van der Waals surface area contributed by atoms with E-state index in [1.54, 1.807) is 12.1 Å². The summed E-state index contributed by atoms with van der Waals surface area (Å²) in [5.74, 6) is -0.445. The van der Waals surface area contributed by atoms with Gasteiger partial charge in [-0.3, -0.25) is 14.9 Å². The minimum atomic E-state index is -0.716. The third kappa shape index (κ3) is 5.07. The van der Waals surface area contributed by atoms with Crippen molar-refractivity contribution in [1.82, 2.24) is 0 Å². The maximum Gasteiger partial charge on any atom is 0.360 e. The van der Waals surface area contributed by atoms with E-state index in [2.05, 4.69) is 12.2 Å². The zero-order valence-electron chi connectivity index (χ0n) is 16.1. The van der Waals surface area contributed by atoms with Crippen LogP contribution in [0.1, 0.15) is 48.5 Å².